The van der Waals surface area contributed by atoms with Crippen molar-refractivity contribution in [2.45, 2.75) is 20.1 Å². The molecule has 0 heterocycles. The SMILES string of the molecule is Cc1ccc(OC(C)O)cc1N(C)C. The molecule has 0 radical (unpaired) electrons. The van der Waals surface area contributed by atoms with E-state index < -0.39 is 6.29 Å². The fraction of sp³-hybridized carbons (Fsp3) is 0.455. The van der Waals surface area contributed by atoms with Gasteiger partial charge in [-0.1, -0.05) is 6.07 Å². The van der Waals surface area contributed by atoms with Crippen molar-refractivity contribution in [3.05, 3.63) is 23.8 Å². The van der Waals surface area contributed by atoms with Gasteiger partial charge < -0.3 is 14.7 Å². The van der Waals surface area contributed by atoms with Gasteiger partial charge in [-0.3, -0.25) is 0 Å². The second kappa shape index (κ2) is 4.33. The van der Waals surface area contributed by atoms with Crippen molar-refractivity contribution < 1.29 is 9.84 Å². The van der Waals surface area contributed by atoms with Crippen LogP contribution in [-0.2, 0) is 0 Å². The van der Waals surface area contributed by atoms with Gasteiger partial charge in [-0.2, -0.15) is 0 Å². The van der Waals surface area contributed by atoms with Crippen LogP contribution in [0.25, 0.3) is 0 Å². The van der Waals surface area contributed by atoms with E-state index in [-0.39, 0.29) is 0 Å². The van der Waals surface area contributed by atoms with Gasteiger partial charge in [0.25, 0.3) is 0 Å². The highest BCUT2D eigenvalue weighted by atomic mass is 16.6. The summed E-state index contributed by atoms with van der Waals surface area (Å²) < 4.78 is 5.19. The van der Waals surface area contributed by atoms with Crippen LogP contribution in [0.3, 0.4) is 0 Å². The monoisotopic (exact) mass is 195 g/mol. The number of hydrogen-bond donors (Lipinski definition) is 1. The largest absolute Gasteiger partial charge is 0.465 e. The van der Waals surface area contributed by atoms with Gasteiger partial charge in [0.2, 0.25) is 0 Å². The Labute approximate surface area is 84.9 Å². The second-order valence-electron chi connectivity index (χ2n) is 3.56. The second-order valence-corrected chi connectivity index (χ2v) is 3.56. The molecule has 78 valence electrons. The summed E-state index contributed by atoms with van der Waals surface area (Å²) in [5.74, 6) is 0.689. The molecule has 3 heteroatoms. The average molecular weight is 195 g/mol. The first kappa shape index (κ1) is 10.9. The molecule has 0 saturated heterocycles. The topological polar surface area (TPSA) is 32.7 Å². The van der Waals surface area contributed by atoms with Crippen LogP contribution >= 0.6 is 0 Å². The van der Waals surface area contributed by atoms with Crippen LogP contribution in [0.2, 0.25) is 0 Å². The maximum absolute atomic E-state index is 9.07. The number of hydrogen-bond acceptors (Lipinski definition) is 3. The first-order chi connectivity index (χ1) is 6.50. The van der Waals surface area contributed by atoms with Crippen molar-refractivity contribution in [3.63, 3.8) is 0 Å². The Kier molecular flexibility index (Phi) is 3.36. The molecule has 1 atom stereocenters. The summed E-state index contributed by atoms with van der Waals surface area (Å²) in [6.07, 6.45) is -0.771. The Bertz CT molecular complexity index is 308. The lowest BCUT2D eigenvalue weighted by atomic mass is 10.2. The number of anilines is 1. The molecule has 1 aromatic carbocycles. The lowest BCUT2D eigenvalue weighted by Gasteiger charge is -2.17. The summed E-state index contributed by atoms with van der Waals surface area (Å²) in [5, 5.41) is 9.07. The number of nitrogens with zero attached hydrogens (tertiary/aromatic N) is 1. The molecule has 0 fully saturated rings. The molecule has 3 nitrogen and oxygen atoms in total. The smallest absolute Gasteiger partial charge is 0.194 e. The quantitative estimate of drug-likeness (QED) is 0.746. The van der Waals surface area contributed by atoms with E-state index in [0.29, 0.717) is 5.75 Å². The molecule has 0 bridgehead atoms. The van der Waals surface area contributed by atoms with E-state index in [1.54, 1.807) is 6.92 Å². The number of aliphatic hydroxyl groups is 1. The van der Waals surface area contributed by atoms with Crippen molar-refractivity contribution in [1.82, 2.24) is 0 Å². The third-order valence-corrected chi connectivity index (χ3v) is 1.97. The molecule has 0 amide bonds. The van der Waals surface area contributed by atoms with Gasteiger partial charge in [0.05, 0.1) is 0 Å². The molecule has 1 rings (SSSR count). The zero-order valence-corrected chi connectivity index (χ0v) is 9.11. The van der Waals surface area contributed by atoms with Crippen molar-refractivity contribution in [2.75, 3.05) is 19.0 Å². The van der Waals surface area contributed by atoms with Crippen LogP contribution in [0.4, 0.5) is 5.69 Å². The van der Waals surface area contributed by atoms with E-state index in [1.165, 1.54) is 5.56 Å². The summed E-state index contributed by atoms with van der Waals surface area (Å²) in [6.45, 7) is 3.64. The molecule has 0 saturated carbocycles. The fourth-order valence-electron chi connectivity index (χ4n) is 1.34. The maximum atomic E-state index is 9.07. The fourth-order valence-corrected chi connectivity index (χ4v) is 1.34. The van der Waals surface area contributed by atoms with Crippen LogP contribution < -0.4 is 9.64 Å². The average Bonchev–Trinajstić information content (AvgIpc) is 2.07. The number of ether oxygens (including phenoxy) is 1. The molecule has 0 spiro atoms. The normalized spacial score (nSPS) is 12.4. The van der Waals surface area contributed by atoms with Gasteiger partial charge >= 0.3 is 0 Å². The zero-order valence-electron chi connectivity index (χ0n) is 9.11. The summed E-state index contributed by atoms with van der Waals surface area (Å²) >= 11 is 0. The predicted octanol–water partition coefficient (Wildman–Crippen LogP) is 1.78. The first-order valence-electron chi connectivity index (χ1n) is 4.63. The molecular weight excluding hydrogens is 178 g/mol. The van der Waals surface area contributed by atoms with Gasteiger partial charge in [-0.15, -0.1) is 0 Å². The van der Waals surface area contributed by atoms with Crippen molar-refractivity contribution >= 4 is 5.69 Å². The highest BCUT2D eigenvalue weighted by Crippen LogP contribution is 2.24. The van der Waals surface area contributed by atoms with Gasteiger partial charge in [-0.25, -0.2) is 0 Å². The van der Waals surface area contributed by atoms with Crippen molar-refractivity contribution in [3.8, 4) is 5.75 Å². The number of aliphatic hydroxyl groups excluding tert-OH is 1. The Morgan fingerprint density at radius 2 is 2.00 bits per heavy atom. The molecule has 0 aliphatic carbocycles. The third kappa shape index (κ3) is 2.64. The van der Waals surface area contributed by atoms with E-state index in [0.717, 1.165) is 5.69 Å². The van der Waals surface area contributed by atoms with E-state index in [4.69, 9.17) is 9.84 Å². The minimum Gasteiger partial charge on any atom is -0.465 e. The van der Waals surface area contributed by atoms with E-state index in [2.05, 4.69) is 0 Å². The molecular formula is C11H17NO2. The number of aryl methyl sites for hydroxylation is 1. The van der Waals surface area contributed by atoms with E-state index >= 15 is 0 Å². The molecule has 1 aromatic rings. The molecule has 0 aliphatic heterocycles. The molecule has 0 aromatic heterocycles. The predicted molar refractivity (Wildman–Crippen MR) is 57.8 cm³/mol. The van der Waals surface area contributed by atoms with Crippen LogP contribution in [0.5, 0.6) is 5.75 Å². The Morgan fingerprint density at radius 3 is 2.50 bits per heavy atom. The Hall–Kier alpha value is -1.22. The standard InChI is InChI=1S/C11H17NO2/c1-8-5-6-10(14-9(2)13)7-11(8)12(3)4/h5-7,9,13H,1-4H3. The summed E-state index contributed by atoms with van der Waals surface area (Å²) in [5.41, 5.74) is 2.29. The lowest BCUT2D eigenvalue weighted by Crippen LogP contribution is -2.12. The van der Waals surface area contributed by atoms with Gasteiger partial charge in [0.15, 0.2) is 6.29 Å². The highest BCUT2D eigenvalue weighted by Gasteiger charge is 2.04. The third-order valence-electron chi connectivity index (χ3n) is 1.97. The maximum Gasteiger partial charge on any atom is 0.194 e. The summed E-state index contributed by atoms with van der Waals surface area (Å²) in [7, 11) is 3.96. The number of benzene rings is 1. The zero-order chi connectivity index (χ0) is 10.7. The molecule has 0 aliphatic rings. The van der Waals surface area contributed by atoms with Crippen LogP contribution in [0.1, 0.15) is 12.5 Å². The number of rotatable bonds is 3. The lowest BCUT2D eigenvalue weighted by molar-refractivity contribution is -0.000264. The van der Waals surface area contributed by atoms with Gasteiger partial charge in [0.1, 0.15) is 5.75 Å². The van der Waals surface area contributed by atoms with Crippen LogP contribution in [0.15, 0.2) is 18.2 Å². The van der Waals surface area contributed by atoms with Crippen molar-refractivity contribution in [1.29, 1.82) is 0 Å². The summed E-state index contributed by atoms with van der Waals surface area (Å²) in [4.78, 5) is 2.02. The summed E-state index contributed by atoms with van der Waals surface area (Å²) in [6, 6.07) is 5.75. The van der Waals surface area contributed by atoms with Crippen LogP contribution in [0, 0.1) is 6.92 Å². The van der Waals surface area contributed by atoms with Crippen molar-refractivity contribution in [2.24, 2.45) is 0 Å². The van der Waals surface area contributed by atoms with E-state index in [1.807, 2.05) is 44.1 Å². The van der Waals surface area contributed by atoms with E-state index in [9.17, 15) is 0 Å². The molecule has 1 unspecified atom stereocenters. The minimum atomic E-state index is -0.771. The van der Waals surface area contributed by atoms with Gasteiger partial charge in [-0.05, 0) is 25.5 Å². The molecule has 1 N–H and O–H groups in total. The highest BCUT2D eigenvalue weighted by molar-refractivity contribution is 5.55. The first-order valence-corrected chi connectivity index (χ1v) is 4.63. The Morgan fingerprint density at radius 1 is 1.36 bits per heavy atom. The minimum absolute atomic E-state index is 0.689. The van der Waals surface area contributed by atoms with Gasteiger partial charge in [0, 0.05) is 25.8 Å². The molecule has 14 heavy (non-hydrogen) atoms. The Balaban J connectivity index is 2.94. The van der Waals surface area contributed by atoms with Crippen LogP contribution in [-0.4, -0.2) is 25.5 Å².